The zero-order valence-corrected chi connectivity index (χ0v) is 11.6. The van der Waals surface area contributed by atoms with Gasteiger partial charge in [0.15, 0.2) is 6.61 Å². The van der Waals surface area contributed by atoms with E-state index in [0.717, 1.165) is 0 Å². The monoisotopic (exact) mass is 285 g/mol. The molecule has 1 amide bonds. The number of benzene rings is 1. The van der Waals surface area contributed by atoms with Crippen LogP contribution in [0.1, 0.15) is 19.8 Å². The molecule has 6 heteroatoms. The molecule has 0 fully saturated rings. The van der Waals surface area contributed by atoms with E-state index in [1.807, 2.05) is 6.92 Å². The summed E-state index contributed by atoms with van der Waals surface area (Å²) >= 11 is 5.92. The summed E-state index contributed by atoms with van der Waals surface area (Å²) in [7, 11) is 1.51. The van der Waals surface area contributed by atoms with Crippen LogP contribution in [0.3, 0.4) is 0 Å². The van der Waals surface area contributed by atoms with Crippen LogP contribution in [0, 0.1) is 0 Å². The van der Waals surface area contributed by atoms with Gasteiger partial charge >= 0.3 is 5.97 Å². The third-order valence-corrected chi connectivity index (χ3v) is 2.55. The maximum Gasteiger partial charge on any atom is 0.306 e. The fraction of sp³-hybridized carbons (Fsp3) is 0.385. The van der Waals surface area contributed by atoms with Crippen molar-refractivity contribution in [2.75, 3.05) is 19.0 Å². The first-order valence-electron chi connectivity index (χ1n) is 5.85. The third kappa shape index (κ3) is 5.18. The van der Waals surface area contributed by atoms with Crippen molar-refractivity contribution in [3.8, 4) is 5.75 Å². The van der Waals surface area contributed by atoms with E-state index < -0.39 is 5.91 Å². The molecule has 0 aliphatic carbocycles. The van der Waals surface area contributed by atoms with Gasteiger partial charge in [0.2, 0.25) is 0 Å². The molecule has 0 unspecified atom stereocenters. The van der Waals surface area contributed by atoms with E-state index in [4.69, 9.17) is 21.1 Å². The Bertz CT molecular complexity index is 462. The molecule has 0 aliphatic heterocycles. The van der Waals surface area contributed by atoms with Crippen molar-refractivity contribution < 1.29 is 19.1 Å². The van der Waals surface area contributed by atoms with Gasteiger partial charge < -0.3 is 14.8 Å². The van der Waals surface area contributed by atoms with E-state index >= 15 is 0 Å². The molecule has 1 rings (SSSR count). The topological polar surface area (TPSA) is 64.6 Å². The zero-order valence-electron chi connectivity index (χ0n) is 10.9. The van der Waals surface area contributed by atoms with Crippen LogP contribution in [-0.2, 0) is 14.3 Å². The van der Waals surface area contributed by atoms with Crippen molar-refractivity contribution in [2.45, 2.75) is 19.8 Å². The van der Waals surface area contributed by atoms with Gasteiger partial charge in [-0.25, -0.2) is 0 Å². The molecule has 0 spiro atoms. The molecule has 0 heterocycles. The second-order valence-corrected chi connectivity index (χ2v) is 4.22. The van der Waals surface area contributed by atoms with Crippen molar-refractivity contribution in [1.29, 1.82) is 0 Å². The molecule has 0 atom stereocenters. The van der Waals surface area contributed by atoms with Crippen molar-refractivity contribution in [3.63, 3.8) is 0 Å². The summed E-state index contributed by atoms with van der Waals surface area (Å²) in [6, 6.07) is 4.85. The highest BCUT2D eigenvalue weighted by Crippen LogP contribution is 2.27. The minimum atomic E-state index is -0.411. The molecule has 19 heavy (non-hydrogen) atoms. The first-order chi connectivity index (χ1) is 9.06. The fourth-order valence-corrected chi connectivity index (χ4v) is 1.62. The predicted octanol–water partition coefficient (Wildman–Crippen LogP) is 2.63. The standard InChI is InChI=1S/C13H16ClNO4/c1-3-4-13(17)19-8-12(16)15-9-5-6-11(18-2)10(14)7-9/h5-7H,3-4,8H2,1-2H3,(H,15,16). The number of hydrogen-bond donors (Lipinski definition) is 1. The highest BCUT2D eigenvalue weighted by molar-refractivity contribution is 6.32. The number of esters is 1. The summed E-state index contributed by atoms with van der Waals surface area (Å²) < 4.78 is 9.78. The Morgan fingerprint density at radius 1 is 1.37 bits per heavy atom. The number of nitrogens with one attached hydrogen (secondary N) is 1. The summed E-state index contributed by atoms with van der Waals surface area (Å²) in [6.07, 6.45) is 0.996. The first kappa shape index (κ1) is 15.3. The third-order valence-electron chi connectivity index (χ3n) is 2.25. The number of halogens is 1. The Hall–Kier alpha value is -1.75. The minimum absolute atomic E-state index is 0.303. The lowest BCUT2D eigenvalue weighted by molar-refractivity contribution is -0.147. The summed E-state index contributed by atoms with van der Waals surface area (Å²) in [5, 5.41) is 2.97. The van der Waals surface area contributed by atoms with Gasteiger partial charge in [-0.15, -0.1) is 0 Å². The molecule has 0 saturated carbocycles. The van der Waals surface area contributed by atoms with Crippen molar-refractivity contribution in [1.82, 2.24) is 0 Å². The molecule has 0 bridgehead atoms. The normalized spacial score (nSPS) is 9.84. The van der Waals surface area contributed by atoms with E-state index in [9.17, 15) is 9.59 Å². The Morgan fingerprint density at radius 2 is 2.11 bits per heavy atom. The molecule has 0 radical (unpaired) electrons. The largest absolute Gasteiger partial charge is 0.495 e. The van der Waals surface area contributed by atoms with Crippen molar-refractivity contribution >= 4 is 29.2 Å². The smallest absolute Gasteiger partial charge is 0.306 e. The number of anilines is 1. The lowest BCUT2D eigenvalue weighted by atomic mass is 10.3. The van der Waals surface area contributed by atoms with Gasteiger partial charge in [0.1, 0.15) is 5.75 Å². The van der Waals surface area contributed by atoms with Gasteiger partial charge in [0, 0.05) is 12.1 Å². The number of amides is 1. The quantitative estimate of drug-likeness (QED) is 0.816. The molecule has 1 N–H and O–H groups in total. The molecular formula is C13H16ClNO4. The molecule has 5 nitrogen and oxygen atoms in total. The van der Waals surface area contributed by atoms with Gasteiger partial charge in [0.05, 0.1) is 12.1 Å². The minimum Gasteiger partial charge on any atom is -0.495 e. The van der Waals surface area contributed by atoms with Crippen molar-refractivity contribution in [2.24, 2.45) is 0 Å². The maximum atomic E-state index is 11.5. The molecular weight excluding hydrogens is 270 g/mol. The molecule has 0 aromatic heterocycles. The molecule has 1 aromatic carbocycles. The van der Waals surface area contributed by atoms with E-state index in [1.54, 1.807) is 18.2 Å². The lowest BCUT2D eigenvalue weighted by Crippen LogP contribution is -2.20. The Balaban J connectivity index is 2.48. The van der Waals surface area contributed by atoms with Crippen LogP contribution in [0.4, 0.5) is 5.69 Å². The van der Waals surface area contributed by atoms with Gasteiger partial charge in [-0.1, -0.05) is 18.5 Å². The molecule has 0 aliphatic rings. The fourth-order valence-electron chi connectivity index (χ4n) is 1.36. The van der Waals surface area contributed by atoms with Crippen LogP contribution >= 0.6 is 11.6 Å². The van der Waals surface area contributed by atoms with Crippen LogP contribution < -0.4 is 10.1 Å². The van der Waals surface area contributed by atoms with Crippen LogP contribution in [0.2, 0.25) is 5.02 Å². The number of hydrogen-bond acceptors (Lipinski definition) is 4. The van der Waals surface area contributed by atoms with E-state index in [-0.39, 0.29) is 12.6 Å². The number of rotatable bonds is 6. The lowest BCUT2D eigenvalue weighted by Gasteiger charge is -2.08. The Labute approximate surface area is 116 Å². The molecule has 0 saturated heterocycles. The van der Waals surface area contributed by atoms with Gasteiger partial charge in [0.25, 0.3) is 5.91 Å². The number of ether oxygens (including phenoxy) is 2. The van der Waals surface area contributed by atoms with Crippen LogP contribution in [0.25, 0.3) is 0 Å². The number of carbonyl (C=O) groups is 2. The summed E-state index contributed by atoms with van der Waals surface area (Å²) in [4.78, 5) is 22.6. The van der Waals surface area contributed by atoms with E-state index in [2.05, 4.69) is 5.32 Å². The summed E-state index contributed by atoms with van der Waals surface area (Å²) in [5.74, 6) is -0.273. The predicted molar refractivity (Wildman–Crippen MR) is 72.5 cm³/mol. The second kappa shape index (κ2) is 7.63. The highest BCUT2D eigenvalue weighted by Gasteiger charge is 2.08. The van der Waals surface area contributed by atoms with E-state index in [1.165, 1.54) is 7.11 Å². The van der Waals surface area contributed by atoms with Crippen LogP contribution in [0.5, 0.6) is 5.75 Å². The van der Waals surface area contributed by atoms with Gasteiger partial charge in [-0.05, 0) is 24.6 Å². The molecule has 1 aromatic rings. The Morgan fingerprint density at radius 3 is 2.68 bits per heavy atom. The first-order valence-corrected chi connectivity index (χ1v) is 6.23. The Kier molecular flexibility index (Phi) is 6.15. The summed E-state index contributed by atoms with van der Waals surface area (Å²) in [5.41, 5.74) is 0.516. The summed E-state index contributed by atoms with van der Waals surface area (Å²) in [6.45, 7) is 1.56. The second-order valence-electron chi connectivity index (χ2n) is 3.81. The number of carbonyl (C=O) groups excluding carboxylic acids is 2. The average Bonchev–Trinajstić information content (AvgIpc) is 2.37. The van der Waals surface area contributed by atoms with Gasteiger partial charge in [-0.2, -0.15) is 0 Å². The zero-order chi connectivity index (χ0) is 14.3. The molecule has 104 valence electrons. The SMILES string of the molecule is CCCC(=O)OCC(=O)Nc1ccc(OC)c(Cl)c1. The van der Waals surface area contributed by atoms with Crippen molar-refractivity contribution in [3.05, 3.63) is 23.2 Å². The number of methoxy groups -OCH3 is 1. The van der Waals surface area contributed by atoms with Gasteiger partial charge in [-0.3, -0.25) is 9.59 Å². The van der Waals surface area contributed by atoms with E-state index in [0.29, 0.717) is 29.3 Å². The van der Waals surface area contributed by atoms with Crippen LogP contribution in [0.15, 0.2) is 18.2 Å². The average molecular weight is 286 g/mol. The van der Waals surface area contributed by atoms with Crippen LogP contribution in [-0.4, -0.2) is 25.6 Å². The maximum absolute atomic E-state index is 11.5. The highest BCUT2D eigenvalue weighted by atomic mass is 35.5.